The van der Waals surface area contributed by atoms with Crippen molar-refractivity contribution in [3.05, 3.63) is 36.0 Å². The van der Waals surface area contributed by atoms with Crippen LogP contribution in [0.25, 0.3) is 0 Å². The number of likely N-dealkylation sites (tertiary alicyclic amines) is 1. The monoisotopic (exact) mass is 420 g/mol. The second-order valence-electron chi connectivity index (χ2n) is 7.37. The minimum Gasteiger partial charge on any atom is -0.487 e. The van der Waals surface area contributed by atoms with Gasteiger partial charge in [-0.05, 0) is 30.9 Å². The van der Waals surface area contributed by atoms with E-state index >= 15 is 0 Å². The van der Waals surface area contributed by atoms with Gasteiger partial charge in [0.1, 0.15) is 11.9 Å². The summed E-state index contributed by atoms with van der Waals surface area (Å²) in [6, 6.07) is 8.57. The number of carbonyl (C=O) groups is 3. The van der Waals surface area contributed by atoms with Crippen LogP contribution < -0.4 is 21.1 Å². The molecular formula is C21H20N6O4. The van der Waals surface area contributed by atoms with E-state index in [0.29, 0.717) is 30.2 Å². The lowest BCUT2D eigenvalue weighted by atomic mass is 10.1. The van der Waals surface area contributed by atoms with Gasteiger partial charge in [0.25, 0.3) is 11.8 Å². The van der Waals surface area contributed by atoms with Crippen molar-refractivity contribution in [3.63, 3.8) is 0 Å². The largest absolute Gasteiger partial charge is 0.487 e. The van der Waals surface area contributed by atoms with Crippen LogP contribution in [0.2, 0.25) is 0 Å². The highest BCUT2D eigenvalue weighted by molar-refractivity contribution is 5.99. The number of aromatic nitrogens is 2. The summed E-state index contributed by atoms with van der Waals surface area (Å²) in [6.45, 7) is 0.843. The Morgan fingerprint density at radius 2 is 1.97 bits per heavy atom. The molecule has 31 heavy (non-hydrogen) atoms. The van der Waals surface area contributed by atoms with E-state index in [0.717, 1.165) is 12.8 Å². The van der Waals surface area contributed by atoms with Gasteiger partial charge in [0.2, 0.25) is 5.91 Å². The second-order valence-corrected chi connectivity index (χ2v) is 7.37. The van der Waals surface area contributed by atoms with Gasteiger partial charge in [0.15, 0.2) is 11.5 Å². The zero-order valence-corrected chi connectivity index (χ0v) is 16.5. The molecule has 0 radical (unpaired) electrons. The Labute approximate surface area is 178 Å². The fourth-order valence-electron chi connectivity index (χ4n) is 3.07. The van der Waals surface area contributed by atoms with Gasteiger partial charge in [0.05, 0.1) is 18.8 Å². The molecule has 4 N–H and O–H groups in total. The number of terminal acetylenes is 1. The summed E-state index contributed by atoms with van der Waals surface area (Å²) >= 11 is 0. The molecule has 1 aliphatic heterocycles. The lowest BCUT2D eigenvalue weighted by molar-refractivity contribution is -0.133. The van der Waals surface area contributed by atoms with Crippen molar-refractivity contribution in [3.8, 4) is 18.1 Å². The molecule has 2 aliphatic rings. The van der Waals surface area contributed by atoms with Crippen molar-refractivity contribution in [1.82, 2.24) is 15.1 Å². The van der Waals surface area contributed by atoms with Gasteiger partial charge in [0, 0.05) is 23.7 Å². The van der Waals surface area contributed by atoms with E-state index in [1.807, 2.05) is 0 Å². The van der Waals surface area contributed by atoms with Crippen molar-refractivity contribution in [2.24, 2.45) is 11.7 Å². The van der Waals surface area contributed by atoms with Gasteiger partial charge >= 0.3 is 0 Å². The number of carbonyl (C=O) groups excluding carboxylic acids is 3. The summed E-state index contributed by atoms with van der Waals surface area (Å²) in [7, 11) is 0. The molecule has 3 amide bonds. The molecule has 2 heterocycles. The first-order valence-electron chi connectivity index (χ1n) is 9.70. The van der Waals surface area contributed by atoms with Gasteiger partial charge in [-0.3, -0.25) is 14.4 Å². The first-order valence-corrected chi connectivity index (χ1v) is 9.70. The molecule has 1 aromatic heterocycles. The molecule has 10 nitrogen and oxygen atoms in total. The van der Waals surface area contributed by atoms with Crippen molar-refractivity contribution < 1.29 is 19.1 Å². The molecule has 1 aliphatic carbocycles. The van der Waals surface area contributed by atoms with E-state index in [9.17, 15) is 14.4 Å². The molecule has 1 saturated carbocycles. The molecule has 1 saturated heterocycles. The molecule has 0 unspecified atom stereocenters. The van der Waals surface area contributed by atoms with E-state index in [-0.39, 0.29) is 35.3 Å². The van der Waals surface area contributed by atoms with Crippen LogP contribution in [0.4, 0.5) is 17.2 Å². The minimum absolute atomic E-state index is 0.00112. The van der Waals surface area contributed by atoms with E-state index in [2.05, 4.69) is 26.8 Å². The van der Waals surface area contributed by atoms with Crippen molar-refractivity contribution in [2.75, 3.05) is 23.7 Å². The number of hydrogen-bond acceptors (Lipinski definition) is 7. The zero-order valence-electron chi connectivity index (χ0n) is 16.5. The highest BCUT2D eigenvalue weighted by Gasteiger charge is 2.31. The average molecular weight is 420 g/mol. The van der Waals surface area contributed by atoms with Crippen LogP contribution in [0.1, 0.15) is 23.3 Å². The molecule has 0 spiro atoms. The molecular weight excluding hydrogens is 400 g/mol. The fraction of sp³-hybridized carbons (Fsp3) is 0.286. The quantitative estimate of drug-likeness (QED) is 0.565. The van der Waals surface area contributed by atoms with Gasteiger partial charge < -0.3 is 26.0 Å². The predicted octanol–water partition coefficient (Wildman–Crippen LogP) is 0.890. The number of primary amides is 1. The molecule has 0 atom stereocenters. The third-order valence-corrected chi connectivity index (χ3v) is 4.90. The van der Waals surface area contributed by atoms with Gasteiger partial charge in [-0.25, -0.2) is 0 Å². The first kappa shape index (κ1) is 20.2. The van der Waals surface area contributed by atoms with E-state index in [4.69, 9.17) is 16.9 Å². The molecule has 2 aromatic rings. The van der Waals surface area contributed by atoms with E-state index in [1.165, 1.54) is 11.0 Å². The van der Waals surface area contributed by atoms with E-state index in [1.54, 1.807) is 24.3 Å². The normalized spacial score (nSPS) is 15.4. The number of amides is 3. The summed E-state index contributed by atoms with van der Waals surface area (Å²) in [6.07, 6.45) is 6.66. The molecule has 2 fully saturated rings. The van der Waals surface area contributed by atoms with Crippen molar-refractivity contribution in [2.45, 2.75) is 18.9 Å². The Morgan fingerprint density at radius 1 is 1.19 bits per heavy atom. The highest BCUT2D eigenvalue weighted by atomic mass is 16.5. The maximum Gasteiger partial charge on any atom is 0.298 e. The zero-order chi connectivity index (χ0) is 22.0. The van der Waals surface area contributed by atoms with Crippen LogP contribution in [-0.2, 0) is 9.59 Å². The number of nitrogens with zero attached hydrogens (tertiary/aromatic N) is 3. The summed E-state index contributed by atoms with van der Waals surface area (Å²) in [4.78, 5) is 36.7. The highest BCUT2D eigenvalue weighted by Crippen LogP contribution is 2.31. The van der Waals surface area contributed by atoms with Crippen LogP contribution in [0.5, 0.6) is 5.75 Å². The maximum absolute atomic E-state index is 12.0. The van der Waals surface area contributed by atoms with Gasteiger partial charge in [-0.2, -0.15) is 0 Å². The molecule has 0 bridgehead atoms. The van der Waals surface area contributed by atoms with Gasteiger partial charge in [-0.1, -0.05) is 6.07 Å². The lowest BCUT2D eigenvalue weighted by Gasteiger charge is -2.37. The lowest BCUT2D eigenvalue weighted by Crippen LogP contribution is -2.55. The molecule has 158 valence electrons. The first-order chi connectivity index (χ1) is 14.9. The van der Waals surface area contributed by atoms with Crippen molar-refractivity contribution >= 4 is 34.9 Å². The third-order valence-electron chi connectivity index (χ3n) is 4.90. The topological polar surface area (TPSA) is 140 Å². The number of ether oxygens (including phenoxy) is 1. The van der Waals surface area contributed by atoms with Gasteiger partial charge in [-0.15, -0.1) is 16.6 Å². The van der Waals surface area contributed by atoms with Crippen LogP contribution >= 0.6 is 0 Å². The Kier molecular flexibility index (Phi) is 5.41. The number of anilines is 3. The fourth-order valence-corrected chi connectivity index (χ4v) is 3.07. The Balaban J connectivity index is 1.46. The predicted molar refractivity (Wildman–Crippen MR) is 111 cm³/mol. The average Bonchev–Trinajstić information content (AvgIpc) is 3.55. The third kappa shape index (κ3) is 4.72. The van der Waals surface area contributed by atoms with Crippen LogP contribution in [0, 0.1) is 18.3 Å². The summed E-state index contributed by atoms with van der Waals surface area (Å²) in [5.41, 5.74) is 6.27. The van der Waals surface area contributed by atoms with E-state index < -0.39 is 5.91 Å². The van der Waals surface area contributed by atoms with Crippen molar-refractivity contribution in [1.29, 1.82) is 0 Å². The van der Waals surface area contributed by atoms with Crippen LogP contribution in [0.15, 0.2) is 30.3 Å². The standard InChI is InChI=1S/C21H20N6O4/c1-2-18(28)27-10-15(11-27)31-14-5-3-4-13(8-14)23-16-9-17(24-21(30)12-6-7-12)25-26-19(16)20(22)29/h1,3-5,8-9,12,15H,6-7,10-11H2,(H2,22,29)(H2,23,24,25,30). The minimum atomic E-state index is -0.754. The maximum atomic E-state index is 12.0. The number of hydrogen-bond donors (Lipinski definition) is 3. The summed E-state index contributed by atoms with van der Waals surface area (Å²) < 4.78 is 5.86. The van der Waals surface area contributed by atoms with Crippen LogP contribution in [-0.4, -0.2) is 52.0 Å². The SMILES string of the molecule is C#CC(=O)N1CC(Oc2cccc(Nc3cc(NC(=O)C4CC4)nnc3C(N)=O)c2)C1. The molecule has 4 rings (SSSR count). The summed E-state index contributed by atoms with van der Waals surface area (Å²) in [5.74, 6) is 1.64. The Morgan fingerprint density at radius 3 is 2.65 bits per heavy atom. The second kappa shape index (κ2) is 8.31. The molecule has 10 heteroatoms. The Hall–Kier alpha value is -4.13. The smallest absolute Gasteiger partial charge is 0.298 e. The summed E-state index contributed by atoms with van der Waals surface area (Å²) in [5, 5.41) is 13.5. The number of rotatable bonds is 7. The number of benzene rings is 1. The number of nitrogens with two attached hydrogens (primary N) is 1. The Bertz CT molecular complexity index is 1090. The molecule has 1 aromatic carbocycles. The number of nitrogens with one attached hydrogen (secondary N) is 2. The van der Waals surface area contributed by atoms with Crippen LogP contribution in [0.3, 0.4) is 0 Å².